The molecule has 210 valence electrons. The second-order valence-corrected chi connectivity index (χ2v) is 12.3. The summed E-state index contributed by atoms with van der Waals surface area (Å²) in [7, 11) is 0. The van der Waals surface area contributed by atoms with Crippen LogP contribution in [-0.4, -0.2) is 30.4 Å². The van der Waals surface area contributed by atoms with E-state index in [9.17, 15) is 9.90 Å². The van der Waals surface area contributed by atoms with E-state index in [0.29, 0.717) is 5.92 Å². The van der Waals surface area contributed by atoms with E-state index in [4.69, 9.17) is 0 Å². The van der Waals surface area contributed by atoms with Gasteiger partial charge in [-0.1, -0.05) is 78.2 Å². The molecule has 4 nitrogen and oxygen atoms in total. The van der Waals surface area contributed by atoms with Gasteiger partial charge < -0.3 is 14.3 Å². The van der Waals surface area contributed by atoms with Gasteiger partial charge in [0.05, 0.1) is 18.7 Å². The Kier molecular flexibility index (Phi) is 7.56. The number of benzene rings is 4. The molecule has 6 rings (SSSR count). The lowest BCUT2D eigenvalue weighted by molar-refractivity contribution is -0.136. The number of nitrogens with zero attached hydrogens (tertiary/aromatic N) is 2. The molecule has 2 aliphatic heterocycles. The van der Waals surface area contributed by atoms with Crippen molar-refractivity contribution in [3.63, 3.8) is 0 Å². The Morgan fingerprint density at radius 1 is 0.951 bits per heavy atom. The second-order valence-electron chi connectivity index (χ2n) is 11.5. The molecule has 0 saturated carbocycles. The summed E-state index contributed by atoms with van der Waals surface area (Å²) < 4.78 is 2.34. The van der Waals surface area contributed by atoms with Crippen molar-refractivity contribution in [1.82, 2.24) is 0 Å². The molecular formula is C36H38N2O2S. The van der Waals surface area contributed by atoms with Gasteiger partial charge in [0.2, 0.25) is 0 Å². The van der Waals surface area contributed by atoms with E-state index in [2.05, 4.69) is 109 Å². The maximum Gasteiger partial charge on any atom is 0.307 e. The average molecular weight is 563 g/mol. The van der Waals surface area contributed by atoms with Gasteiger partial charge in [-0.25, -0.2) is 0 Å². The molecule has 0 radical (unpaired) electrons. The lowest BCUT2D eigenvalue weighted by atomic mass is 9.80. The van der Waals surface area contributed by atoms with Crippen LogP contribution in [0.5, 0.6) is 0 Å². The fraction of sp³-hybridized carbons (Fsp3) is 0.306. The highest BCUT2D eigenvalue weighted by molar-refractivity contribution is 7.99. The number of aliphatic carboxylic acids is 1. The zero-order valence-corrected chi connectivity index (χ0v) is 25.2. The molecule has 0 aliphatic carbocycles. The van der Waals surface area contributed by atoms with E-state index < -0.39 is 5.97 Å². The number of carbonyl (C=O) groups is 1. The summed E-state index contributed by atoms with van der Waals surface area (Å²) in [5, 5.41) is 9.94. The number of fused-ring (bicyclic) bond motifs is 3. The number of aryl methyl sites for hydroxylation is 1. The first-order chi connectivity index (χ1) is 19.9. The number of piperidine rings is 1. The van der Waals surface area contributed by atoms with Crippen molar-refractivity contribution in [3.05, 3.63) is 106 Å². The molecule has 1 N–H and O–H groups in total. The summed E-state index contributed by atoms with van der Waals surface area (Å²) in [6, 6.07) is 26.5. The fourth-order valence-corrected chi connectivity index (χ4v) is 7.58. The van der Waals surface area contributed by atoms with Crippen LogP contribution in [0.2, 0.25) is 0 Å². The van der Waals surface area contributed by atoms with Gasteiger partial charge in [0.1, 0.15) is 0 Å². The molecule has 1 atom stereocenters. The van der Waals surface area contributed by atoms with Crippen LogP contribution >= 0.6 is 11.9 Å². The zero-order chi connectivity index (χ0) is 28.7. The lowest BCUT2D eigenvalue weighted by Crippen LogP contribution is -2.34. The molecule has 0 spiro atoms. The number of rotatable bonds is 6. The highest BCUT2D eigenvalue weighted by Gasteiger charge is 2.31. The monoisotopic (exact) mass is 562 g/mol. The number of carboxylic acid groups (broad SMARTS) is 1. The van der Waals surface area contributed by atoms with Crippen LogP contribution in [0.4, 0.5) is 11.4 Å². The van der Waals surface area contributed by atoms with Crippen molar-refractivity contribution < 1.29 is 9.90 Å². The van der Waals surface area contributed by atoms with Gasteiger partial charge in [-0.2, -0.15) is 0 Å². The number of hydrogen-bond donors (Lipinski definition) is 1. The molecule has 2 aliphatic rings. The summed E-state index contributed by atoms with van der Waals surface area (Å²) in [4.78, 5) is 14.7. The van der Waals surface area contributed by atoms with Crippen LogP contribution in [0.15, 0.2) is 72.8 Å². The molecule has 5 heteroatoms. The van der Waals surface area contributed by atoms with Crippen LogP contribution in [0.3, 0.4) is 0 Å². The molecule has 1 fully saturated rings. The summed E-state index contributed by atoms with van der Waals surface area (Å²) in [6.45, 7) is 9.27. The van der Waals surface area contributed by atoms with Gasteiger partial charge in [0.25, 0.3) is 0 Å². The molecule has 1 saturated heterocycles. The minimum Gasteiger partial charge on any atom is -0.481 e. The molecule has 0 amide bonds. The standard InChI is InChI=1S/C36H38N2O2S/c1-23-12-14-27(15-13-23)34-25(3)35-32-19-30(37-18-8-11-28(21-37)26-9-6-5-7-10-26)17-16-29(32)22-38(41-4)36(35)24(2)31(34)20-33(39)40/h5-7,9-10,12-17,19,28H,8,11,18,20-22H2,1-4H3,(H,39,40)/t28-/m1/s1. The van der Waals surface area contributed by atoms with E-state index in [-0.39, 0.29) is 6.42 Å². The topological polar surface area (TPSA) is 43.8 Å². The number of carboxylic acids is 1. The Labute approximate surface area is 248 Å². The van der Waals surface area contributed by atoms with E-state index in [1.165, 1.54) is 46.3 Å². The van der Waals surface area contributed by atoms with E-state index in [1.54, 1.807) is 11.9 Å². The zero-order valence-electron chi connectivity index (χ0n) is 24.4. The fourth-order valence-electron chi connectivity index (χ4n) is 6.90. The summed E-state index contributed by atoms with van der Waals surface area (Å²) in [5.74, 6) is -0.260. The predicted molar refractivity (Wildman–Crippen MR) is 173 cm³/mol. The van der Waals surface area contributed by atoms with Gasteiger partial charge in [-0.05, 0) is 90.3 Å². The van der Waals surface area contributed by atoms with Crippen molar-refractivity contribution >= 4 is 29.3 Å². The van der Waals surface area contributed by atoms with E-state index in [1.807, 2.05) is 0 Å². The quantitative estimate of drug-likeness (QED) is 0.239. The summed E-state index contributed by atoms with van der Waals surface area (Å²) >= 11 is 1.71. The van der Waals surface area contributed by atoms with Crippen molar-refractivity contribution in [1.29, 1.82) is 0 Å². The van der Waals surface area contributed by atoms with Crippen molar-refractivity contribution in [2.24, 2.45) is 0 Å². The van der Waals surface area contributed by atoms with Crippen LogP contribution < -0.4 is 9.21 Å². The smallest absolute Gasteiger partial charge is 0.307 e. The van der Waals surface area contributed by atoms with Gasteiger partial charge in [0, 0.05) is 36.5 Å². The molecule has 41 heavy (non-hydrogen) atoms. The molecule has 0 bridgehead atoms. The van der Waals surface area contributed by atoms with Gasteiger partial charge in [-0.15, -0.1) is 0 Å². The molecule has 4 aromatic rings. The van der Waals surface area contributed by atoms with Crippen LogP contribution in [0.1, 0.15) is 52.1 Å². The van der Waals surface area contributed by atoms with Gasteiger partial charge in [-0.3, -0.25) is 4.79 Å². The first-order valence-electron chi connectivity index (χ1n) is 14.6. The maximum absolute atomic E-state index is 12.1. The highest BCUT2D eigenvalue weighted by atomic mass is 32.2. The Bertz CT molecular complexity index is 1600. The third kappa shape index (κ3) is 5.12. The molecule has 0 unspecified atom stereocenters. The second kappa shape index (κ2) is 11.3. The Morgan fingerprint density at radius 2 is 1.71 bits per heavy atom. The first kappa shape index (κ1) is 27.5. The average Bonchev–Trinajstić information content (AvgIpc) is 2.99. The minimum atomic E-state index is -0.798. The maximum atomic E-state index is 12.1. The van der Waals surface area contributed by atoms with Crippen LogP contribution in [0.25, 0.3) is 22.3 Å². The normalized spacial score (nSPS) is 16.3. The van der Waals surface area contributed by atoms with E-state index in [0.717, 1.165) is 53.1 Å². The minimum absolute atomic E-state index is 0.00688. The molecular weight excluding hydrogens is 524 g/mol. The largest absolute Gasteiger partial charge is 0.481 e. The third-order valence-corrected chi connectivity index (χ3v) is 9.72. The van der Waals surface area contributed by atoms with Crippen LogP contribution in [-0.2, 0) is 17.8 Å². The van der Waals surface area contributed by atoms with Crippen LogP contribution in [0, 0.1) is 20.8 Å². The van der Waals surface area contributed by atoms with Crippen molar-refractivity contribution in [3.8, 4) is 22.3 Å². The summed E-state index contributed by atoms with van der Waals surface area (Å²) in [6.07, 6.45) is 4.52. The highest BCUT2D eigenvalue weighted by Crippen LogP contribution is 2.51. The number of anilines is 2. The van der Waals surface area contributed by atoms with Gasteiger partial charge >= 0.3 is 5.97 Å². The Morgan fingerprint density at radius 3 is 2.41 bits per heavy atom. The predicted octanol–water partition coefficient (Wildman–Crippen LogP) is 8.55. The third-order valence-electron chi connectivity index (χ3n) is 8.97. The Hall–Kier alpha value is -3.70. The molecule has 0 aromatic heterocycles. The van der Waals surface area contributed by atoms with E-state index >= 15 is 0 Å². The van der Waals surface area contributed by atoms with Gasteiger partial charge in [0.15, 0.2) is 0 Å². The summed E-state index contributed by atoms with van der Waals surface area (Å²) in [5.41, 5.74) is 14.2. The number of hydrogen-bond acceptors (Lipinski definition) is 4. The Balaban J connectivity index is 1.51. The first-order valence-corrected chi connectivity index (χ1v) is 15.7. The van der Waals surface area contributed by atoms with Crippen molar-refractivity contribution in [2.45, 2.75) is 52.5 Å². The van der Waals surface area contributed by atoms with Crippen molar-refractivity contribution in [2.75, 3.05) is 28.6 Å². The SMILES string of the molecule is CSN1Cc2ccc(N3CCC[C@@H](c4ccccc4)C3)cc2-c2c(C)c(-c3ccc(C)cc3)c(CC(=O)O)c(C)c21. The molecule has 4 aromatic carbocycles. The lowest BCUT2D eigenvalue weighted by Gasteiger charge is -2.38. The molecule has 2 heterocycles.